The molecule has 0 heterocycles. The summed E-state index contributed by atoms with van der Waals surface area (Å²) in [6.07, 6.45) is 1.74. The molecule has 88 valence electrons. The molecule has 0 saturated heterocycles. The third-order valence-electron chi connectivity index (χ3n) is 2.72. The fourth-order valence-electron chi connectivity index (χ4n) is 1.71. The second-order valence-corrected chi connectivity index (χ2v) is 3.95. The van der Waals surface area contributed by atoms with E-state index in [1.165, 1.54) is 0 Å². The van der Waals surface area contributed by atoms with E-state index in [1.807, 2.05) is 54.6 Å². The summed E-state index contributed by atoms with van der Waals surface area (Å²) in [5.41, 5.74) is 2.91. The summed E-state index contributed by atoms with van der Waals surface area (Å²) in [6, 6.07) is 16.8. The number of hydrogen-bond acceptors (Lipinski definition) is 2. The first-order valence-electron chi connectivity index (χ1n) is 5.68. The van der Waals surface area contributed by atoms with Crippen molar-refractivity contribution in [2.45, 2.75) is 0 Å². The Morgan fingerprint density at radius 2 is 1.44 bits per heavy atom. The van der Waals surface area contributed by atoms with E-state index in [0.29, 0.717) is 0 Å². The molecule has 2 rings (SSSR count). The van der Waals surface area contributed by atoms with Crippen LogP contribution in [-0.2, 0) is 0 Å². The van der Waals surface area contributed by atoms with E-state index in [1.54, 1.807) is 6.08 Å². The zero-order valence-electron chi connectivity index (χ0n) is 9.98. The first kappa shape index (κ1) is 12.0. The molecule has 0 aliphatic rings. The van der Waals surface area contributed by atoms with Gasteiger partial charge in [-0.05, 0) is 11.6 Å². The molecule has 0 fully saturated rings. The predicted octanol–water partition coefficient (Wildman–Crippen LogP) is 3.77. The van der Waals surface area contributed by atoms with Crippen molar-refractivity contribution in [2.75, 3.05) is 0 Å². The van der Waals surface area contributed by atoms with E-state index in [4.69, 9.17) is 10.8 Å². The summed E-state index contributed by atoms with van der Waals surface area (Å²) >= 11 is 0. The average Bonchev–Trinajstić information content (AvgIpc) is 2.46. The summed E-state index contributed by atoms with van der Waals surface area (Å²) in [4.78, 5) is 0. The Hall–Kier alpha value is -2.48. The highest BCUT2D eigenvalue weighted by atomic mass is 14.5. The molecule has 0 atom stereocenters. The molecule has 18 heavy (non-hydrogen) atoms. The molecule has 2 heteroatoms. The zero-order chi connectivity index (χ0) is 13.0. The van der Waals surface area contributed by atoms with Crippen molar-refractivity contribution in [3.63, 3.8) is 0 Å². The van der Waals surface area contributed by atoms with E-state index < -0.39 is 0 Å². The van der Waals surface area contributed by atoms with E-state index in [2.05, 4.69) is 6.58 Å². The molecule has 0 aromatic heterocycles. The van der Waals surface area contributed by atoms with Crippen molar-refractivity contribution in [3.8, 4) is 0 Å². The average molecular weight is 234 g/mol. The Bertz CT molecular complexity index is 598. The maximum absolute atomic E-state index is 8.09. The van der Waals surface area contributed by atoms with E-state index >= 15 is 0 Å². The van der Waals surface area contributed by atoms with Crippen LogP contribution < -0.4 is 0 Å². The molecule has 0 saturated carbocycles. The highest BCUT2D eigenvalue weighted by molar-refractivity contribution is 6.51. The van der Waals surface area contributed by atoms with Gasteiger partial charge in [0, 0.05) is 11.1 Å². The van der Waals surface area contributed by atoms with Crippen LogP contribution in [0.5, 0.6) is 0 Å². The van der Waals surface area contributed by atoms with Crippen molar-refractivity contribution in [3.05, 3.63) is 77.9 Å². The van der Waals surface area contributed by atoms with Crippen molar-refractivity contribution < 1.29 is 0 Å². The fourth-order valence-corrected chi connectivity index (χ4v) is 1.71. The topological polar surface area (TPSA) is 47.7 Å². The van der Waals surface area contributed by atoms with Crippen LogP contribution in [0, 0.1) is 10.8 Å². The molecular weight excluding hydrogens is 220 g/mol. The zero-order valence-corrected chi connectivity index (χ0v) is 9.98. The summed E-state index contributed by atoms with van der Waals surface area (Å²) in [7, 11) is 0. The minimum atomic E-state index is 0.227. The maximum atomic E-state index is 8.09. The molecule has 0 aliphatic carbocycles. The Kier molecular flexibility index (Phi) is 3.49. The highest BCUT2D eigenvalue weighted by Crippen LogP contribution is 2.10. The molecule has 0 aliphatic heterocycles. The molecule has 2 nitrogen and oxygen atoms in total. The first-order valence-corrected chi connectivity index (χ1v) is 5.68. The van der Waals surface area contributed by atoms with Gasteiger partial charge in [0.25, 0.3) is 0 Å². The molecule has 0 spiro atoms. The second-order valence-electron chi connectivity index (χ2n) is 3.95. The number of rotatable bonds is 4. The van der Waals surface area contributed by atoms with Crippen LogP contribution >= 0.6 is 0 Å². The number of benzene rings is 2. The predicted molar refractivity (Wildman–Crippen MR) is 76.6 cm³/mol. The van der Waals surface area contributed by atoms with Gasteiger partial charge in [-0.3, -0.25) is 10.8 Å². The Morgan fingerprint density at radius 1 is 0.833 bits per heavy atom. The molecular formula is C16H14N2. The molecule has 0 radical (unpaired) electrons. The summed E-state index contributed by atoms with van der Waals surface area (Å²) < 4.78 is 0. The van der Waals surface area contributed by atoms with Crippen LogP contribution in [0.1, 0.15) is 16.7 Å². The van der Waals surface area contributed by atoms with Gasteiger partial charge in [-0.1, -0.05) is 61.2 Å². The second kappa shape index (κ2) is 5.23. The Labute approximate surface area is 107 Å². The third-order valence-corrected chi connectivity index (χ3v) is 2.72. The lowest BCUT2D eigenvalue weighted by Gasteiger charge is -2.07. The fraction of sp³-hybridized carbons (Fsp3) is 0. The van der Waals surface area contributed by atoms with Gasteiger partial charge in [-0.15, -0.1) is 0 Å². The lowest BCUT2D eigenvalue weighted by molar-refractivity contribution is 1.45. The van der Waals surface area contributed by atoms with Crippen molar-refractivity contribution in [1.29, 1.82) is 10.8 Å². The largest absolute Gasteiger partial charge is 0.298 e. The number of hydrogen-bond donors (Lipinski definition) is 2. The lowest BCUT2D eigenvalue weighted by Crippen LogP contribution is -2.14. The highest BCUT2D eigenvalue weighted by Gasteiger charge is 2.09. The molecule has 2 N–H and O–H groups in total. The van der Waals surface area contributed by atoms with Crippen LogP contribution in [0.15, 0.2) is 61.2 Å². The van der Waals surface area contributed by atoms with Crippen LogP contribution in [0.25, 0.3) is 6.08 Å². The van der Waals surface area contributed by atoms with Gasteiger partial charge < -0.3 is 0 Å². The number of nitrogens with one attached hydrogen (secondary N) is 2. The van der Waals surface area contributed by atoms with Gasteiger partial charge in [0.15, 0.2) is 0 Å². The summed E-state index contributed by atoms with van der Waals surface area (Å²) in [6.45, 7) is 3.71. The summed E-state index contributed by atoms with van der Waals surface area (Å²) in [5, 5.41) is 16.1. The SMILES string of the molecule is C=Cc1cccc(C(=N)C(=N)c2ccccc2)c1. The van der Waals surface area contributed by atoms with Gasteiger partial charge in [0.2, 0.25) is 0 Å². The molecule has 0 unspecified atom stereocenters. The van der Waals surface area contributed by atoms with Gasteiger partial charge >= 0.3 is 0 Å². The Balaban J connectivity index is 2.31. The quantitative estimate of drug-likeness (QED) is 0.757. The standard InChI is InChI=1S/C16H14N2/c1-2-12-7-6-10-14(11-12)16(18)15(17)13-8-4-3-5-9-13/h2-11,17-18H,1H2. The maximum Gasteiger partial charge on any atom is 0.0867 e. The van der Waals surface area contributed by atoms with Crippen LogP contribution in [0.2, 0.25) is 0 Å². The van der Waals surface area contributed by atoms with Crippen molar-refractivity contribution in [1.82, 2.24) is 0 Å². The van der Waals surface area contributed by atoms with Crippen LogP contribution in [-0.4, -0.2) is 11.4 Å². The van der Waals surface area contributed by atoms with E-state index in [-0.39, 0.29) is 11.4 Å². The minimum absolute atomic E-state index is 0.227. The van der Waals surface area contributed by atoms with Gasteiger partial charge in [0.05, 0.1) is 11.4 Å². The smallest absolute Gasteiger partial charge is 0.0867 e. The van der Waals surface area contributed by atoms with E-state index in [9.17, 15) is 0 Å². The van der Waals surface area contributed by atoms with Crippen molar-refractivity contribution in [2.24, 2.45) is 0 Å². The van der Waals surface area contributed by atoms with Gasteiger partial charge in [-0.25, -0.2) is 0 Å². The lowest BCUT2D eigenvalue weighted by atomic mass is 9.99. The third kappa shape index (κ3) is 2.43. The van der Waals surface area contributed by atoms with Crippen LogP contribution in [0.3, 0.4) is 0 Å². The molecule has 2 aromatic carbocycles. The van der Waals surface area contributed by atoms with Gasteiger partial charge in [0.1, 0.15) is 0 Å². The van der Waals surface area contributed by atoms with E-state index in [0.717, 1.165) is 16.7 Å². The molecule has 0 bridgehead atoms. The first-order chi connectivity index (χ1) is 8.72. The molecule has 0 amide bonds. The monoisotopic (exact) mass is 234 g/mol. The van der Waals surface area contributed by atoms with Gasteiger partial charge in [-0.2, -0.15) is 0 Å². The van der Waals surface area contributed by atoms with Crippen molar-refractivity contribution >= 4 is 17.5 Å². The minimum Gasteiger partial charge on any atom is -0.298 e. The normalized spacial score (nSPS) is 9.78. The molecule has 2 aromatic rings. The Morgan fingerprint density at radius 3 is 2.11 bits per heavy atom. The van der Waals surface area contributed by atoms with Crippen LogP contribution in [0.4, 0.5) is 0 Å². The summed E-state index contributed by atoms with van der Waals surface area (Å²) in [5.74, 6) is 0.